The van der Waals surface area contributed by atoms with E-state index in [0.717, 1.165) is 0 Å². The third kappa shape index (κ3) is 7.37. The third-order valence-corrected chi connectivity index (χ3v) is 8.92. The SMILES string of the molecule is O=P(Oc1ccccc1Cl)(Oc1ccccc1Cl)OP(=O)(Oc1ccccc1Cl)Oc1ccccc1Cl. The highest BCUT2D eigenvalue weighted by Crippen LogP contribution is 2.66. The van der Waals surface area contributed by atoms with E-state index >= 15 is 0 Å². The fraction of sp³-hybridized carbons (Fsp3) is 0. The van der Waals surface area contributed by atoms with Crippen LogP contribution < -0.4 is 18.1 Å². The van der Waals surface area contributed by atoms with E-state index in [4.69, 9.17) is 68.8 Å². The molecule has 13 heteroatoms. The number of halogens is 4. The van der Waals surface area contributed by atoms with E-state index in [9.17, 15) is 9.13 Å². The van der Waals surface area contributed by atoms with E-state index in [1.807, 2.05) is 0 Å². The van der Waals surface area contributed by atoms with E-state index in [-0.39, 0.29) is 43.1 Å². The van der Waals surface area contributed by atoms with Gasteiger partial charge in [0.1, 0.15) is 0 Å². The van der Waals surface area contributed by atoms with Gasteiger partial charge in [0.15, 0.2) is 23.0 Å². The average Bonchev–Trinajstić information content (AvgIpc) is 2.85. The number of phosphoric acid groups is 2. The summed E-state index contributed by atoms with van der Waals surface area (Å²) in [5.41, 5.74) is 0. The van der Waals surface area contributed by atoms with Crippen LogP contribution in [0.25, 0.3) is 0 Å². The Kier molecular flexibility index (Phi) is 8.99. The molecule has 4 rings (SSSR count). The van der Waals surface area contributed by atoms with E-state index < -0.39 is 15.6 Å². The van der Waals surface area contributed by atoms with Crippen molar-refractivity contribution >= 4 is 62.0 Å². The van der Waals surface area contributed by atoms with Crippen molar-refractivity contribution in [3.63, 3.8) is 0 Å². The Hall–Kier alpha value is -2.34. The molecule has 4 aromatic carbocycles. The van der Waals surface area contributed by atoms with Crippen molar-refractivity contribution in [1.29, 1.82) is 0 Å². The highest BCUT2D eigenvalue weighted by atomic mass is 35.5. The van der Waals surface area contributed by atoms with Gasteiger partial charge in [-0.25, -0.2) is 9.13 Å². The first kappa shape index (κ1) is 27.7. The van der Waals surface area contributed by atoms with Crippen LogP contribution in [0.2, 0.25) is 20.1 Å². The fourth-order valence-corrected chi connectivity index (χ4v) is 6.88. The molecule has 0 heterocycles. The first-order chi connectivity index (χ1) is 17.7. The Morgan fingerprint density at radius 3 is 0.838 bits per heavy atom. The van der Waals surface area contributed by atoms with E-state index in [0.29, 0.717) is 0 Å². The summed E-state index contributed by atoms with van der Waals surface area (Å²) >= 11 is 24.7. The highest BCUT2D eigenvalue weighted by molar-refractivity contribution is 7.63. The second kappa shape index (κ2) is 12.0. The summed E-state index contributed by atoms with van der Waals surface area (Å²) in [5, 5.41) is 0.289. The molecule has 0 saturated heterocycles. The normalized spacial score (nSPS) is 11.6. The van der Waals surface area contributed by atoms with Crippen molar-refractivity contribution in [2.24, 2.45) is 0 Å². The first-order valence-corrected chi connectivity index (χ1v) is 14.8. The number of phosphoric ester groups is 2. The molecule has 0 aromatic heterocycles. The number of rotatable bonds is 10. The molecule has 0 saturated carbocycles. The summed E-state index contributed by atoms with van der Waals surface area (Å²) < 4.78 is 55.7. The standard InChI is InChI=1S/C24H16Cl4O7P2/c25-17-9-1-5-13-21(17)31-36(29,32-22-14-6-2-10-18(22)26)35-37(30,33-23-15-7-3-11-19(23)27)34-24-16-8-4-12-20(24)28/h1-16H. The van der Waals surface area contributed by atoms with Crippen molar-refractivity contribution < 1.29 is 31.5 Å². The van der Waals surface area contributed by atoms with Gasteiger partial charge in [0.25, 0.3) is 0 Å². The van der Waals surface area contributed by atoms with Crippen LogP contribution in [0.4, 0.5) is 0 Å². The lowest BCUT2D eigenvalue weighted by Crippen LogP contribution is -2.10. The minimum Gasteiger partial charge on any atom is -0.393 e. The average molecular weight is 620 g/mol. The third-order valence-electron chi connectivity index (χ3n) is 4.39. The Morgan fingerprint density at radius 1 is 0.405 bits per heavy atom. The van der Waals surface area contributed by atoms with Gasteiger partial charge in [0, 0.05) is 0 Å². The molecule has 0 unspecified atom stereocenters. The zero-order chi connectivity index (χ0) is 26.5. The lowest BCUT2D eigenvalue weighted by atomic mass is 10.3. The molecule has 0 aliphatic heterocycles. The van der Waals surface area contributed by atoms with Gasteiger partial charge in [0.05, 0.1) is 20.1 Å². The van der Waals surface area contributed by atoms with E-state index in [1.54, 1.807) is 48.5 Å². The Bertz CT molecular complexity index is 1290. The second-order valence-electron chi connectivity index (χ2n) is 7.06. The van der Waals surface area contributed by atoms with Crippen molar-refractivity contribution in [2.45, 2.75) is 0 Å². The molecule has 0 spiro atoms. The van der Waals surface area contributed by atoms with E-state index in [1.165, 1.54) is 48.5 Å². The molecule has 192 valence electrons. The number of hydrogen-bond donors (Lipinski definition) is 0. The van der Waals surface area contributed by atoms with Crippen LogP contribution in [0.5, 0.6) is 23.0 Å². The van der Waals surface area contributed by atoms with Gasteiger partial charge in [-0.2, -0.15) is 0 Å². The van der Waals surface area contributed by atoms with Gasteiger partial charge in [-0.15, -0.1) is 4.31 Å². The van der Waals surface area contributed by atoms with Crippen molar-refractivity contribution in [1.82, 2.24) is 0 Å². The molecule has 0 amide bonds. The van der Waals surface area contributed by atoms with Crippen LogP contribution >= 0.6 is 62.0 Å². The highest BCUT2D eigenvalue weighted by Gasteiger charge is 2.47. The van der Waals surface area contributed by atoms with Crippen LogP contribution in [-0.4, -0.2) is 0 Å². The molecule has 0 atom stereocenters. The summed E-state index contributed by atoms with van der Waals surface area (Å²) in [7, 11) is -9.82. The molecule has 0 aliphatic carbocycles. The molecule has 0 N–H and O–H groups in total. The molecule has 37 heavy (non-hydrogen) atoms. The van der Waals surface area contributed by atoms with Crippen LogP contribution in [-0.2, 0) is 13.4 Å². The zero-order valence-corrected chi connectivity index (χ0v) is 23.3. The Balaban J connectivity index is 1.78. The van der Waals surface area contributed by atoms with Gasteiger partial charge < -0.3 is 18.1 Å². The molecule has 0 bridgehead atoms. The van der Waals surface area contributed by atoms with Gasteiger partial charge in [-0.05, 0) is 48.5 Å². The maximum Gasteiger partial charge on any atom is 0.598 e. The molecular weight excluding hydrogens is 604 g/mol. The van der Waals surface area contributed by atoms with E-state index in [2.05, 4.69) is 0 Å². The Morgan fingerprint density at radius 2 is 0.622 bits per heavy atom. The fourth-order valence-electron chi connectivity index (χ4n) is 2.78. The minimum atomic E-state index is -4.91. The van der Waals surface area contributed by atoms with Crippen molar-refractivity contribution in [2.75, 3.05) is 0 Å². The lowest BCUT2D eigenvalue weighted by Gasteiger charge is -2.24. The largest absolute Gasteiger partial charge is 0.598 e. The smallest absolute Gasteiger partial charge is 0.393 e. The topological polar surface area (TPSA) is 80.3 Å². The number of benzene rings is 4. The van der Waals surface area contributed by atoms with Crippen molar-refractivity contribution in [3.05, 3.63) is 117 Å². The summed E-state index contributed by atoms with van der Waals surface area (Å²) in [4.78, 5) is 0. The summed E-state index contributed by atoms with van der Waals surface area (Å²) in [5.74, 6) is -0.383. The van der Waals surface area contributed by atoms with Gasteiger partial charge in [-0.3, -0.25) is 0 Å². The summed E-state index contributed by atoms with van der Waals surface area (Å²) in [6.07, 6.45) is 0. The molecule has 7 nitrogen and oxygen atoms in total. The van der Waals surface area contributed by atoms with Crippen LogP contribution in [0.1, 0.15) is 0 Å². The molecular formula is C24H16Cl4O7P2. The predicted molar refractivity (Wildman–Crippen MR) is 145 cm³/mol. The van der Waals surface area contributed by atoms with Crippen LogP contribution in [0.15, 0.2) is 97.1 Å². The predicted octanol–water partition coefficient (Wildman–Crippen LogP) is 10.1. The van der Waals surface area contributed by atoms with Gasteiger partial charge >= 0.3 is 15.6 Å². The van der Waals surface area contributed by atoms with Crippen LogP contribution in [0.3, 0.4) is 0 Å². The quantitative estimate of drug-likeness (QED) is 0.163. The van der Waals surface area contributed by atoms with Crippen molar-refractivity contribution in [3.8, 4) is 23.0 Å². The maximum atomic E-state index is 14.0. The molecule has 0 aliphatic rings. The molecule has 0 fully saturated rings. The zero-order valence-electron chi connectivity index (χ0n) is 18.5. The summed E-state index contributed by atoms with van der Waals surface area (Å²) in [6.45, 7) is 0. The van der Waals surface area contributed by atoms with Gasteiger partial charge in [-0.1, -0.05) is 94.9 Å². The van der Waals surface area contributed by atoms with Crippen LogP contribution in [0, 0.1) is 0 Å². The second-order valence-corrected chi connectivity index (χ2v) is 11.9. The lowest BCUT2D eigenvalue weighted by molar-refractivity contribution is 0.243. The number of para-hydroxylation sites is 4. The molecule has 0 radical (unpaired) electrons. The monoisotopic (exact) mass is 618 g/mol. The first-order valence-electron chi connectivity index (χ1n) is 10.3. The number of hydrogen-bond acceptors (Lipinski definition) is 7. The molecule has 4 aromatic rings. The van der Waals surface area contributed by atoms with Gasteiger partial charge in [0.2, 0.25) is 0 Å². The summed E-state index contributed by atoms with van der Waals surface area (Å²) in [6, 6.07) is 24.3. The minimum absolute atomic E-state index is 0.0722. The maximum absolute atomic E-state index is 14.0. The Labute approximate surface area is 232 Å².